The molecule has 0 aromatic heterocycles. The van der Waals surface area contributed by atoms with Crippen molar-refractivity contribution in [3.63, 3.8) is 0 Å². The van der Waals surface area contributed by atoms with Gasteiger partial charge in [-0.1, -0.05) is 6.07 Å². The van der Waals surface area contributed by atoms with Gasteiger partial charge in [0.1, 0.15) is 0 Å². The Kier molecular flexibility index (Phi) is 5.34. The first-order valence-electron chi connectivity index (χ1n) is 5.26. The quantitative estimate of drug-likeness (QED) is 0.496. The molecule has 1 rings (SSSR count). The smallest absolute Gasteiger partial charge is 0.441 e. The number of nitrogens with one attached hydrogen (secondary N) is 1. The molecule has 0 radical (unpaired) electrons. The molecular formula is C11H13F3N2O2S. The maximum Gasteiger partial charge on any atom is 0.441 e. The summed E-state index contributed by atoms with van der Waals surface area (Å²) in [5, 5.41) is 2.72. The van der Waals surface area contributed by atoms with Crippen LogP contribution in [0.1, 0.15) is 10.4 Å². The van der Waals surface area contributed by atoms with Gasteiger partial charge in [0.15, 0.2) is 0 Å². The van der Waals surface area contributed by atoms with Gasteiger partial charge in [-0.3, -0.25) is 0 Å². The number of halogens is 3. The van der Waals surface area contributed by atoms with E-state index in [1.54, 1.807) is 12.1 Å². The second kappa shape index (κ2) is 6.55. The predicted molar refractivity (Wildman–Crippen MR) is 69.2 cm³/mol. The van der Waals surface area contributed by atoms with Crippen molar-refractivity contribution in [2.75, 3.05) is 30.5 Å². The van der Waals surface area contributed by atoms with E-state index >= 15 is 0 Å². The lowest BCUT2D eigenvalue weighted by molar-refractivity contribution is -0.0327. The van der Waals surface area contributed by atoms with Crippen LogP contribution in [-0.2, 0) is 4.74 Å². The topological polar surface area (TPSA) is 64.3 Å². The maximum absolute atomic E-state index is 12.0. The fourth-order valence-corrected chi connectivity index (χ4v) is 1.83. The lowest BCUT2D eigenvalue weighted by atomic mass is 10.1. The van der Waals surface area contributed by atoms with Crippen molar-refractivity contribution in [2.45, 2.75) is 5.51 Å². The van der Waals surface area contributed by atoms with Crippen LogP contribution in [0.4, 0.5) is 24.5 Å². The zero-order chi connectivity index (χ0) is 14.5. The zero-order valence-corrected chi connectivity index (χ0v) is 10.9. The molecule has 106 valence electrons. The molecule has 0 saturated carbocycles. The monoisotopic (exact) mass is 294 g/mol. The number of nitrogens with two attached hydrogens (primary N) is 1. The van der Waals surface area contributed by atoms with E-state index in [4.69, 9.17) is 5.73 Å². The molecule has 0 aliphatic rings. The van der Waals surface area contributed by atoms with Crippen molar-refractivity contribution in [3.8, 4) is 0 Å². The highest BCUT2D eigenvalue weighted by atomic mass is 32.2. The fraction of sp³-hybridized carbons (Fsp3) is 0.364. The van der Waals surface area contributed by atoms with Gasteiger partial charge >= 0.3 is 11.5 Å². The molecule has 0 atom stereocenters. The summed E-state index contributed by atoms with van der Waals surface area (Å²) in [7, 11) is 1.22. The molecule has 1 aromatic rings. The fourth-order valence-electron chi connectivity index (χ4n) is 1.39. The number of hydrogen-bond acceptors (Lipinski definition) is 5. The Hall–Kier alpha value is -1.57. The van der Waals surface area contributed by atoms with Crippen LogP contribution in [0.5, 0.6) is 0 Å². The van der Waals surface area contributed by atoms with E-state index in [1.807, 2.05) is 0 Å². The van der Waals surface area contributed by atoms with Crippen LogP contribution >= 0.6 is 11.8 Å². The lowest BCUT2D eigenvalue weighted by Gasteiger charge is -2.13. The van der Waals surface area contributed by atoms with E-state index in [1.165, 1.54) is 13.2 Å². The number of para-hydroxylation sites is 1. The third-order valence-corrected chi connectivity index (χ3v) is 2.91. The second-order valence-corrected chi connectivity index (χ2v) is 4.64. The molecule has 0 unspecified atom stereocenters. The van der Waals surface area contributed by atoms with Gasteiger partial charge in [0.05, 0.1) is 24.0 Å². The maximum atomic E-state index is 12.0. The number of hydrogen-bond donors (Lipinski definition) is 2. The molecule has 1 aromatic carbocycles. The number of benzene rings is 1. The van der Waals surface area contributed by atoms with E-state index in [-0.39, 0.29) is 41.0 Å². The highest BCUT2D eigenvalue weighted by molar-refractivity contribution is 8.00. The third kappa shape index (κ3) is 4.90. The summed E-state index contributed by atoms with van der Waals surface area (Å²) < 4.78 is 40.5. The number of rotatable bonds is 5. The van der Waals surface area contributed by atoms with Crippen LogP contribution in [-0.4, -0.2) is 30.9 Å². The molecule has 0 spiro atoms. The number of nitrogen functional groups attached to an aromatic ring is 1. The number of ether oxygens (including phenoxy) is 1. The Bertz CT molecular complexity index is 452. The van der Waals surface area contributed by atoms with Crippen molar-refractivity contribution >= 4 is 29.1 Å². The summed E-state index contributed by atoms with van der Waals surface area (Å²) in [4.78, 5) is 11.5. The number of carbonyl (C=O) groups excluding carboxylic acids is 1. The Morgan fingerprint density at radius 2 is 2.16 bits per heavy atom. The van der Waals surface area contributed by atoms with Crippen molar-refractivity contribution in [2.24, 2.45) is 0 Å². The summed E-state index contributed by atoms with van der Waals surface area (Å²) in [6.07, 6.45) is 0. The Morgan fingerprint density at radius 3 is 2.74 bits per heavy atom. The Morgan fingerprint density at radius 1 is 1.47 bits per heavy atom. The largest absolute Gasteiger partial charge is 0.465 e. The number of thioether (sulfide) groups is 1. The number of esters is 1. The molecular weight excluding hydrogens is 281 g/mol. The average Bonchev–Trinajstić information content (AvgIpc) is 2.33. The molecule has 19 heavy (non-hydrogen) atoms. The third-order valence-electron chi connectivity index (χ3n) is 2.17. The minimum atomic E-state index is -4.27. The van der Waals surface area contributed by atoms with Gasteiger partial charge in [0.2, 0.25) is 0 Å². The molecule has 0 heterocycles. The van der Waals surface area contributed by atoms with Gasteiger partial charge in [-0.2, -0.15) is 13.2 Å². The van der Waals surface area contributed by atoms with E-state index < -0.39 is 11.5 Å². The highest BCUT2D eigenvalue weighted by Crippen LogP contribution is 2.30. The molecule has 4 nitrogen and oxygen atoms in total. The van der Waals surface area contributed by atoms with Gasteiger partial charge < -0.3 is 15.8 Å². The Labute approximate surface area is 112 Å². The number of methoxy groups -OCH3 is 1. The van der Waals surface area contributed by atoms with Crippen LogP contribution in [0.2, 0.25) is 0 Å². The Balaban J connectivity index is 2.69. The van der Waals surface area contributed by atoms with Gasteiger partial charge in [-0.25, -0.2) is 4.79 Å². The van der Waals surface area contributed by atoms with Crippen LogP contribution in [0.15, 0.2) is 18.2 Å². The highest BCUT2D eigenvalue weighted by Gasteiger charge is 2.27. The summed E-state index contributed by atoms with van der Waals surface area (Å²) in [5.41, 5.74) is 2.17. The first-order chi connectivity index (χ1) is 8.85. The number of carbonyl (C=O) groups is 1. The van der Waals surface area contributed by atoms with Crippen molar-refractivity contribution < 1.29 is 22.7 Å². The van der Waals surface area contributed by atoms with Crippen molar-refractivity contribution in [1.82, 2.24) is 0 Å². The van der Waals surface area contributed by atoms with Crippen molar-refractivity contribution in [1.29, 1.82) is 0 Å². The van der Waals surface area contributed by atoms with E-state index in [2.05, 4.69) is 10.1 Å². The second-order valence-electron chi connectivity index (χ2n) is 3.48. The molecule has 8 heteroatoms. The minimum absolute atomic E-state index is 0.0301. The van der Waals surface area contributed by atoms with Crippen LogP contribution in [0.25, 0.3) is 0 Å². The predicted octanol–water partition coefficient (Wildman–Crippen LogP) is 2.72. The molecule has 0 aliphatic heterocycles. The summed E-state index contributed by atoms with van der Waals surface area (Å²) >= 11 is -0.141. The van der Waals surface area contributed by atoms with E-state index in [9.17, 15) is 18.0 Å². The normalized spacial score (nSPS) is 11.2. The van der Waals surface area contributed by atoms with Crippen LogP contribution in [0, 0.1) is 0 Å². The standard InChI is InChI=1S/C11H13F3N2O2S/c1-18-10(17)7-3-2-4-8(15)9(7)16-5-6-19-11(12,13)14/h2-4,16H,5-6,15H2,1H3. The molecule has 0 saturated heterocycles. The van der Waals surface area contributed by atoms with Crippen molar-refractivity contribution in [3.05, 3.63) is 23.8 Å². The summed E-state index contributed by atoms with van der Waals surface area (Å²) in [6, 6.07) is 4.60. The molecule has 0 amide bonds. The van der Waals surface area contributed by atoms with Gasteiger partial charge in [0, 0.05) is 12.3 Å². The first kappa shape index (κ1) is 15.5. The molecule has 0 aliphatic carbocycles. The summed E-state index contributed by atoms with van der Waals surface area (Å²) in [5.74, 6) is -0.781. The zero-order valence-electron chi connectivity index (χ0n) is 10.1. The molecule has 3 N–H and O–H groups in total. The van der Waals surface area contributed by atoms with E-state index in [0.29, 0.717) is 0 Å². The van der Waals surface area contributed by atoms with Crippen LogP contribution in [0.3, 0.4) is 0 Å². The lowest BCUT2D eigenvalue weighted by Crippen LogP contribution is -2.14. The molecule has 0 fully saturated rings. The summed E-state index contributed by atoms with van der Waals surface area (Å²) in [6.45, 7) is 0.0301. The number of alkyl halides is 3. The molecule has 0 bridgehead atoms. The van der Waals surface area contributed by atoms with Gasteiger partial charge in [-0.15, -0.1) is 0 Å². The minimum Gasteiger partial charge on any atom is -0.465 e. The number of anilines is 2. The van der Waals surface area contributed by atoms with E-state index in [0.717, 1.165) is 0 Å². The van der Waals surface area contributed by atoms with Crippen LogP contribution < -0.4 is 11.1 Å². The van der Waals surface area contributed by atoms with Gasteiger partial charge in [-0.05, 0) is 23.9 Å². The SMILES string of the molecule is COC(=O)c1cccc(N)c1NCCSC(F)(F)F. The van der Waals surface area contributed by atoms with Gasteiger partial charge in [0.25, 0.3) is 0 Å². The average molecular weight is 294 g/mol. The first-order valence-corrected chi connectivity index (χ1v) is 6.25.